The highest BCUT2D eigenvalue weighted by Gasteiger charge is 2.26. The van der Waals surface area contributed by atoms with Crippen LogP contribution in [0.5, 0.6) is 0 Å². The first-order chi connectivity index (χ1) is 10.4. The largest absolute Gasteiger partial charge is 0.324 e. The quantitative estimate of drug-likeness (QED) is 0.883. The molecule has 0 bridgehead atoms. The van der Waals surface area contributed by atoms with E-state index in [1.807, 2.05) is 0 Å². The molecule has 0 aliphatic carbocycles. The number of fused-ring (bicyclic) bond motifs is 1. The number of sulfonamides is 1. The summed E-state index contributed by atoms with van der Waals surface area (Å²) >= 11 is 5.80. The number of anilines is 1. The minimum Gasteiger partial charge on any atom is -0.324 e. The van der Waals surface area contributed by atoms with Gasteiger partial charge in [-0.25, -0.2) is 22.5 Å². The molecule has 0 radical (unpaired) electrons. The summed E-state index contributed by atoms with van der Waals surface area (Å²) in [5.41, 5.74) is 1.16. The number of halogens is 2. The van der Waals surface area contributed by atoms with E-state index in [0.717, 1.165) is 11.6 Å². The number of hydrogen-bond acceptors (Lipinski definition) is 3. The zero-order valence-corrected chi connectivity index (χ0v) is 12.7. The molecule has 2 aromatic carbocycles. The smallest absolute Gasteiger partial charge is 0.266 e. The second-order valence-corrected chi connectivity index (χ2v) is 6.75. The second-order valence-electron chi connectivity index (χ2n) is 4.66. The first kappa shape index (κ1) is 14.8. The first-order valence-corrected chi connectivity index (χ1v) is 8.18. The predicted octanol–water partition coefficient (Wildman–Crippen LogP) is 2.74. The van der Waals surface area contributed by atoms with Crippen LogP contribution in [0.2, 0.25) is 5.02 Å². The lowest BCUT2D eigenvalue weighted by Gasteiger charge is -2.21. The Bertz CT molecular complexity index is 851. The summed E-state index contributed by atoms with van der Waals surface area (Å²) in [4.78, 5) is 4.04. The lowest BCUT2D eigenvalue weighted by molar-refractivity contribution is 0.586. The standard InChI is InChI=1S/C14H11ClFN3O2S/c15-10-3-1-9(2-4-10)8-17-14-18-12-6-5-11(16)7-13(12)22(20,21)19-14/h1-7H,8H2,(H2,17,18,19). The Labute approximate surface area is 131 Å². The molecule has 0 amide bonds. The van der Waals surface area contributed by atoms with E-state index in [9.17, 15) is 12.8 Å². The van der Waals surface area contributed by atoms with Crippen LogP contribution >= 0.6 is 11.6 Å². The molecule has 0 aromatic heterocycles. The summed E-state index contributed by atoms with van der Waals surface area (Å²) < 4.78 is 39.6. The van der Waals surface area contributed by atoms with E-state index in [1.165, 1.54) is 12.1 Å². The van der Waals surface area contributed by atoms with Gasteiger partial charge in [0.25, 0.3) is 10.0 Å². The van der Waals surface area contributed by atoms with Crippen LogP contribution in [0.25, 0.3) is 0 Å². The molecule has 8 heteroatoms. The van der Waals surface area contributed by atoms with E-state index in [4.69, 9.17) is 11.6 Å². The van der Waals surface area contributed by atoms with Gasteiger partial charge >= 0.3 is 0 Å². The molecule has 22 heavy (non-hydrogen) atoms. The summed E-state index contributed by atoms with van der Waals surface area (Å²) in [5.74, 6) is -0.526. The first-order valence-electron chi connectivity index (χ1n) is 6.32. The molecule has 3 rings (SSSR count). The Morgan fingerprint density at radius 2 is 1.86 bits per heavy atom. The number of benzene rings is 2. The van der Waals surface area contributed by atoms with Crippen molar-refractivity contribution in [1.82, 2.24) is 4.72 Å². The van der Waals surface area contributed by atoms with Gasteiger partial charge < -0.3 is 5.32 Å². The lowest BCUT2D eigenvalue weighted by atomic mass is 10.2. The summed E-state index contributed by atoms with van der Waals surface area (Å²) in [6.07, 6.45) is 0. The van der Waals surface area contributed by atoms with Gasteiger partial charge in [-0.15, -0.1) is 0 Å². The van der Waals surface area contributed by atoms with Crippen molar-refractivity contribution >= 4 is 33.3 Å². The summed E-state index contributed by atoms with van der Waals surface area (Å²) in [6, 6.07) is 10.6. The molecule has 0 saturated carbocycles. The van der Waals surface area contributed by atoms with Crippen LogP contribution < -0.4 is 10.0 Å². The van der Waals surface area contributed by atoms with Crippen molar-refractivity contribution in [3.63, 3.8) is 0 Å². The van der Waals surface area contributed by atoms with Gasteiger partial charge in [0.1, 0.15) is 10.7 Å². The van der Waals surface area contributed by atoms with Crippen LogP contribution in [0.1, 0.15) is 5.56 Å². The number of nitrogens with one attached hydrogen (secondary N) is 2. The highest BCUT2D eigenvalue weighted by molar-refractivity contribution is 7.90. The van der Waals surface area contributed by atoms with E-state index in [2.05, 4.69) is 15.0 Å². The topological polar surface area (TPSA) is 70.6 Å². The fourth-order valence-corrected chi connectivity index (χ4v) is 3.27. The molecule has 0 fully saturated rings. The molecule has 0 atom stereocenters. The normalized spacial score (nSPS) is 17.5. The lowest BCUT2D eigenvalue weighted by Crippen LogP contribution is -2.40. The average Bonchev–Trinajstić information content (AvgIpc) is 2.47. The maximum atomic E-state index is 13.2. The predicted molar refractivity (Wildman–Crippen MR) is 82.9 cm³/mol. The monoisotopic (exact) mass is 339 g/mol. The van der Waals surface area contributed by atoms with Gasteiger partial charge in [0.05, 0.1) is 12.2 Å². The van der Waals surface area contributed by atoms with Crippen LogP contribution in [0, 0.1) is 5.82 Å². The van der Waals surface area contributed by atoms with Gasteiger partial charge in [0.15, 0.2) is 0 Å². The molecule has 114 valence electrons. The highest BCUT2D eigenvalue weighted by Crippen LogP contribution is 2.25. The van der Waals surface area contributed by atoms with E-state index in [-0.39, 0.29) is 23.1 Å². The van der Waals surface area contributed by atoms with E-state index in [0.29, 0.717) is 5.02 Å². The molecule has 0 spiro atoms. The van der Waals surface area contributed by atoms with Gasteiger partial charge in [-0.05, 0) is 35.9 Å². The van der Waals surface area contributed by atoms with Crippen LogP contribution in [0.15, 0.2) is 52.4 Å². The summed E-state index contributed by atoms with van der Waals surface area (Å²) in [6.45, 7) is 0.276. The van der Waals surface area contributed by atoms with Crippen molar-refractivity contribution in [3.8, 4) is 0 Å². The molecular formula is C14H11ClFN3O2S. The van der Waals surface area contributed by atoms with Gasteiger partial charge in [-0.1, -0.05) is 23.7 Å². The van der Waals surface area contributed by atoms with Gasteiger partial charge in [0, 0.05) is 5.02 Å². The molecule has 2 N–H and O–H groups in total. The van der Waals surface area contributed by atoms with E-state index in [1.54, 1.807) is 24.3 Å². The molecule has 1 aliphatic rings. The average molecular weight is 340 g/mol. The van der Waals surface area contributed by atoms with Gasteiger partial charge in [-0.3, -0.25) is 0 Å². The summed E-state index contributed by atoms with van der Waals surface area (Å²) in [7, 11) is -3.83. The van der Waals surface area contributed by atoms with Crippen LogP contribution in [-0.2, 0) is 16.6 Å². The Kier molecular flexibility index (Phi) is 3.76. The van der Waals surface area contributed by atoms with E-state index >= 15 is 0 Å². The molecule has 0 saturated heterocycles. The van der Waals surface area contributed by atoms with Crippen molar-refractivity contribution in [2.24, 2.45) is 4.99 Å². The van der Waals surface area contributed by atoms with Crippen molar-refractivity contribution in [1.29, 1.82) is 0 Å². The summed E-state index contributed by atoms with van der Waals surface area (Å²) in [5, 5.41) is 3.44. The number of hydrogen-bond donors (Lipinski definition) is 2. The molecule has 0 unspecified atom stereocenters. The van der Waals surface area contributed by atoms with Gasteiger partial charge in [-0.2, -0.15) is 0 Å². The second kappa shape index (κ2) is 5.58. The molecule has 2 aromatic rings. The maximum absolute atomic E-state index is 13.2. The van der Waals surface area contributed by atoms with Crippen molar-refractivity contribution in [2.45, 2.75) is 11.4 Å². The minimum absolute atomic E-state index is 0.0917. The molecule has 1 heterocycles. The highest BCUT2D eigenvalue weighted by atomic mass is 35.5. The Morgan fingerprint density at radius 1 is 1.14 bits per heavy atom. The zero-order valence-electron chi connectivity index (χ0n) is 11.2. The Balaban J connectivity index is 1.87. The third-order valence-corrected chi connectivity index (χ3v) is 4.68. The van der Waals surface area contributed by atoms with Crippen LogP contribution in [0.3, 0.4) is 0 Å². The van der Waals surface area contributed by atoms with Crippen LogP contribution in [-0.4, -0.2) is 14.4 Å². The fourth-order valence-electron chi connectivity index (χ4n) is 1.99. The molecule has 1 aliphatic heterocycles. The molecule has 5 nitrogen and oxygen atoms in total. The van der Waals surface area contributed by atoms with Crippen molar-refractivity contribution in [2.75, 3.05) is 5.32 Å². The van der Waals surface area contributed by atoms with Crippen molar-refractivity contribution < 1.29 is 12.8 Å². The number of nitrogens with zero attached hydrogens (tertiary/aromatic N) is 1. The zero-order chi connectivity index (χ0) is 15.7. The van der Waals surface area contributed by atoms with Crippen molar-refractivity contribution in [3.05, 3.63) is 58.9 Å². The minimum atomic E-state index is -3.83. The SMILES string of the molecule is O=S1(=O)NC(=NCc2ccc(Cl)cc2)Nc2ccc(F)cc21. The number of guanidine groups is 1. The van der Waals surface area contributed by atoms with Gasteiger partial charge in [0.2, 0.25) is 5.96 Å². The van der Waals surface area contributed by atoms with E-state index < -0.39 is 15.8 Å². The third-order valence-electron chi connectivity index (χ3n) is 3.05. The Morgan fingerprint density at radius 3 is 2.59 bits per heavy atom. The number of aliphatic imine (C=N–C) groups is 1. The Hall–Kier alpha value is -2.12. The van der Waals surface area contributed by atoms with Crippen LogP contribution in [0.4, 0.5) is 10.1 Å². The number of rotatable bonds is 2. The third kappa shape index (κ3) is 3.05. The maximum Gasteiger partial charge on any atom is 0.266 e. The molecular weight excluding hydrogens is 329 g/mol. The fraction of sp³-hybridized carbons (Fsp3) is 0.0714.